The summed E-state index contributed by atoms with van der Waals surface area (Å²) in [6.45, 7) is 8.88. The first kappa shape index (κ1) is 19.9. The van der Waals surface area contributed by atoms with Crippen LogP contribution >= 0.6 is 11.3 Å². The summed E-state index contributed by atoms with van der Waals surface area (Å²) in [4.78, 5) is 4.74. The molecule has 2 N–H and O–H groups in total. The quantitative estimate of drug-likeness (QED) is 0.397. The van der Waals surface area contributed by atoms with Crippen molar-refractivity contribution in [3.8, 4) is 16.3 Å². The van der Waals surface area contributed by atoms with E-state index in [2.05, 4.69) is 60.8 Å². The first-order valence-corrected chi connectivity index (χ1v) is 10.4. The van der Waals surface area contributed by atoms with Gasteiger partial charge in [-0.2, -0.15) is 0 Å². The number of nitrogens with one attached hydrogen (secondary N) is 1. The molecule has 4 aromatic rings. The van der Waals surface area contributed by atoms with Crippen LogP contribution in [0, 0.1) is 13.8 Å². The molecule has 4 heteroatoms. The van der Waals surface area contributed by atoms with E-state index in [0.29, 0.717) is 5.75 Å². The van der Waals surface area contributed by atoms with E-state index in [9.17, 15) is 5.11 Å². The van der Waals surface area contributed by atoms with Crippen molar-refractivity contribution in [1.82, 2.24) is 4.98 Å². The smallest absolute Gasteiger partial charge is 0.124 e. The lowest BCUT2D eigenvalue weighted by atomic mass is 10.1. The Kier molecular flexibility index (Phi) is 6.32. The van der Waals surface area contributed by atoms with Crippen molar-refractivity contribution in [2.75, 3.05) is 5.32 Å². The minimum Gasteiger partial charge on any atom is -0.508 e. The second-order valence-corrected chi connectivity index (χ2v) is 7.58. The van der Waals surface area contributed by atoms with Gasteiger partial charge < -0.3 is 10.4 Å². The number of aryl methyl sites for hydroxylation is 2. The van der Waals surface area contributed by atoms with Gasteiger partial charge in [-0.1, -0.05) is 43.7 Å². The number of hydrogen-bond acceptors (Lipinski definition) is 4. The normalized spacial score (nSPS) is 10.4. The van der Waals surface area contributed by atoms with E-state index in [1.54, 1.807) is 23.5 Å². The highest BCUT2D eigenvalue weighted by Crippen LogP contribution is 2.34. The van der Waals surface area contributed by atoms with Crippen LogP contribution in [0.5, 0.6) is 5.75 Å². The van der Waals surface area contributed by atoms with Gasteiger partial charge in [-0.15, -0.1) is 11.3 Å². The van der Waals surface area contributed by atoms with Crippen molar-refractivity contribution < 1.29 is 5.11 Å². The molecule has 3 nitrogen and oxygen atoms in total. The third-order valence-corrected chi connectivity index (χ3v) is 5.47. The van der Waals surface area contributed by atoms with Gasteiger partial charge in [-0.05, 0) is 61.4 Å². The molecule has 3 aromatic carbocycles. The van der Waals surface area contributed by atoms with E-state index in [1.165, 1.54) is 11.1 Å². The zero-order valence-corrected chi connectivity index (χ0v) is 17.6. The SMILES string of the molecule is CC.Cc1ccc(CNc2ccc(-c3nc4c(C)cc(O)cc4s3)cc2)cc1. The Bertz CT molecular complexity index is 1050. The number of nitrogens with zero attached hydrogens (tertiary/aromatic N) is 1. The Morgan fingerprint density at radius 1 is 0.929 bits per heavy atom. The maximum absolute atomic E-state index is 9.77. The average molecular weight is 391 g/mol. The molecular formula is C24H26N2OS. The minimum absolute atomic E-state index is 0.292. The molecule has 0 aliphatic rings. The molecular weight excluding hydrogens is 364 g/mol. The maximum atomic E-state index is 9.77. The van der Waals surface area contributed by atoms with Crippen LogP contribution < -0.4 is 5.32 Å². The first-order chi connectivity index (χ1) is 13.6. The number of anilines is 1. The van der Waals surface area contributed by atoms with Gasteiger partial charge in [0.2, 0.25) is 0 Å². The summed E-state index contributed by atoms with van der Waals surface area (Å²) in [5, 5.41) is 14.2. The van der Waals surface area contributed by atoms with Crippen LogP contribution in [0.15, 0.2) is 60.7 Å². The zero-order chi connectivity index (χ0) is 20.1. The van der Waals surface area contributed by atoms with E-state index in [1.807, 2.05) is 20.8 Å². The van der Waals surface area contributed by atoms with Gasteiger partial charge in [0.15, 0.2) is 0 Å². The number of phenolic OH excluding ortho intramolecular Hbond substituents is 1. The topological polar surface area (TPSA) is 45.2 Å². The number of aromatic hydroxyl groups is 1. The van der Waals surface area contributed by atoms with Gasteiger partial charge in [0.05, 0.1) is 10.2 Å². The first-order valence-electron chi connectivity index (χ1n) is 9.58. The monoisotopic (exact) mass is 390 g/mol. The molecule has 4 rings (SSSR count). The number of fused-ring (bicyclic) bond motifs is 1. The predicted molar refractivity (Wildman–Crippen MR) is 121 cm³/mol. The second kappa shape index (κ2) is 8.89. The van der Waals surface area contributed by atoms with Gasteiger partial charge in [0.25, 0.3) is 0 Å². The summed E-state index contributed by atoms with van der Waals surface area (Å²) in [5.41, 5.74) is 6.68. The molecule has 0 amide bonds. The highest BCUT2D eigenvalue weighted by molar-refractivity contribution is 7.21. The minimum atomic E-state index is 0.292. The third-order valence-electron chi connectivity index (χ3n) is 4.42. The Morgan fingerprint density at radius 3 is 2.29 bits per heavy atom. The highest BCUT2D eigenvalue weighted by Gasteiger charge is 2.09. The molecule has 0 aliphatic carbocycles. The molecule has 1 aromatic heterocycles. The Labute approximate surface area is 170 Å². The molecule has 28 heavy (non-hydrogen) atoms. The summed E-state index contributed by atoms with van der Waals surface area (Å²) in [7, 11) is 0. The molecule has 0 bridgehead atoms. The van der Waals surface area contributed by atoms with Crippen molar-refractivity contribution in [1.29, 1.82) is 0 Å². The van der Waals surface area contributed by atoms with Crippen LogP contribution in [-0.4, -0.2) is 10.1 Å². The molecule has 0 spiro atoms. The standard InChI is InChI=1S/C22H20N2OS.C2H6/c1-14-3-5-16(6-4-14)13-23-18-9-7-17(8-10-18)22-24-21-15(2)11-19(25)12-20(21)26-22;1-2/h3-12,23,25H,13H2,1-2H3;1-2H3. The highest BCUT2D eigenvalue weighted by atomic mass is 32.1. The van der Waals surface area contributed by atoms with Gasteiger partial charge in [0, 0.05) is 17.8 Å². The van der Waals surface area contributed by atoms with E-state index < -0.39 is 0 Å². The van der Waals surface area contributed by atoms with Crippen LogP contribution in [0.25, 0.3) is 20.8 Å². The van der Waals surface area contributed by atoms with Crippen LogP contribution in [-0.2, 0) is 6.54 Å². The molecule has 0 unspecified atom stereocenters. The van der Waals surface area contributed by atoms with Crippen LogP contribution in [0.1, 0.15) is 30.5 Å². The predicted octanol–water partition coefficient (Wildman–Crippen LogP) is 6.92. The van der Waals surface area contributed by atoms with E-state index in [0.717, 1.165) is 38.6 Å². The summed E-state index contributed by atoms with van der Waals surface area (Å²) in [6, 6.07) is 20.4. The molecule has 0 saturated heterocycles. The summed E-state index contributed by atoms with van der Waals surface area (Å²) in [6.07, 6.45) is 0. The summed E-state index contributed by atoms with van der Waals surface area (Å²) in [5.74, 6) is 0.292. The van der Waals surface area contributed by atoms with Crippen LogP contribution in [0.4, 0.5) is 5.69 Å². The Hall–Kier alpha value is -2.85. The lowest BCUT2D eigenvalue weighted by molar-refractivity contribution is 0.476. The molecule has 1 heterocycles. The summed E-state index contributed by atoms with van der Waals surface area (Å²) < 4.78 is 1.01. The lowest BCUT2D eigenvalue weighted by Crippen LogP contribution is -1.98. The van der Waals surface area contributed by atoms with Crippen molar-refractivity contribution >= 4 is 27.2 Å². The Morgan fingerprint density at radius 2 is 1.61 bits per heavy atom. The second-order valence-electron chi connectivity index (χ2n) is 6.54. The molecule has 0 radical (unpaired) electrons. The third kappa shape index (κ3) is 4.52. The molecule has 0 fully saturated rings. The van der Waals surface area contributed by atoms with Crippen LogP contribution in [0.2, 0.25) is 0 Å². The van der Waals surface area contributed by atoms with Gasteiger partial charge in [-0.3, -0.25) is 0 Å². The van der Waals surface area contributed by atoms with Crippen molar-refractivity contribution in [3.05, 3.63) is 77.4 Å². The number of benzene rings is 3. The van der Waals surface area contributed by atoms with Crippen LogP contribution in [0.3, 0.4) is 0 Å². The fraction of sp³-hybridized carbons (Fsp3) is 0.208. The fourth-order valence-electron chi connectivity index (χ4n) is 2.94. The average Bonchev–Trinajstić information content (AvgIpc) is 3.14. The number of aromatic nitrogens is 1. The lowest BCUT2D eigenvalue weighted by Gasteiger charge is -2.07. The number of hydrogen-bond donors (Lipinski definition) is 2. The van der Waals surface area contributed by atoms with E-state index >= 15 is 0 Å². The van der Waals surface area contributed by atoms with Gasteiger partial charge in [-0.25, -0.2) is 4.98 Å². The van der Waals surface area contributed by atoms with Crippen molar-refractivity contribution in [2.45, 2.75) is 34.2 Å². The molecule has 144 valence electrons. The molecule has 0 aliphatic heterocycles. The van der Waals surface area contributed by atoms with Crippen molar-refractivity contribution in [2.24, 2.45) is 0 Å². The number of rotatable bonds is 4. The zero-order valence-electron chi connectivity index (χ0n) is 16.8. The Balaban J connectivity index is 0.00000109. The largest absolute Gasteiger partial charge is 0.508 e. The number of phenols is 1. The van der Waals surface area contributed by atoms with E-state index in [-0.39, 0.29) is 0 Å². The van der Waals surface area contributed by atoms with Gasteiger partial charge in [0.1, 0.15) is 10.8 Å². The van der Waals surface area contributed by atoms with Gasteiger partial charge >= 0.3 is 0 Å². The van der Waals surface area contributed by atoms with E-state index in [4.69, 9.17) is 4.98 Å². The molecule has 0 atom stereocenters. The molecule has 0 saturated carbocycles. The number of thiazole rings is 1. The maximum Gasteiger partial charge on any atom is 0.124 e. The summed E-state index contributed by atoms with van der Waals surface area (Å²) >= 11 is 1.60. The van der Waals surface area contributed by atoms with Crippen molar-refractivity contribution in [3.63, 3.8) is 0 Å². The fourth-order valence-corrected chi connectivity index (χ4v) is 4.02.